The van der Waals surface area contributed by atoms with Crippen molar-refractivity contribution in [2.45, 2.75) is 13.0 Å². The fourth-order valence-corrected chi connectivity index (χ4v) is 3.22. The van der Waals surface area contributed by atoms with Gasteiger partial charge in [-0.3, -0.25) is 9.36 Å². The molecule has 2 aromatic carbocycles. The van der Waals surface area contributed by atoms with Crippen LogP contribution < -0.4 is 5.56 Å². The number of rotatable bonds is 2. The highest BCUT2D eigenvalue weighted by atomic mass is 35.5. The summed E-state index contributed by atoms with van der Waals surface area (Å²) in [6, 6.07) is 11.7. The van der Waals surface area contributed by atoms with Crippen molar-refractivity contribution in [1.29, 1.82) is 0 Å². The molecule has 1 N–H and O–H groups in total. The van der Waals surface area contributed by atoms with E-state index in [2.05, 4.69) is 4.98 Å². The molecule has 0 amide bonds. The summed E-state index contributed by atoms with van der Waals surface area (Å²) < 4.78 is 1.66. The molecule has 1 aliphatic rings. The number of allylic oxidation sites excluding steroid dienone is 1. The Morgan fingerprint density at radius 3 is 2.68 bits per heavy atom. The summed E-state index contributed by atoms with van der Waals surface area (Å²) in [6.07, 6.45) is 2.64. The molecule has 124 valence electrons. The van der Waals surface area contributed by atoms with Crippen molar-refractivity contribution < 1.29 is 9.90 Å². The molecule has 0 saturated heterocycles. The molecule has 5 nitrogen and oxygen atoms in total. The first-order chi connectivity index (χ1) is 12.0. The molecule has 0 radical (unpaired) electrons. The number of benzene rings is 2. The van der Waals surface area contributed by atoms with Crippen molar-refractivity contribution in [2.24, 2.45) is 0 Å². The Kier molecular flexibility index (Phi) is 3.66. The van der Waals surface area contributed by atoms with Gasteiger partial charge >= 0.3 is 5.97 Å². The van der Waals surface area contributed by atoms with E-state index in [1.54, 1.807) is 47.0 Å². The maximum atomic E-state index is 12.7. The van der Waals surface area contributed by atoms with Crippen LogP contribution in [0.5, 0.6) is 0 Å². The molecule has 1 aliphatic heterocycles. The van der Waals surface area contributed by atoms with E-state index in [0.717, 1.165) is 11.1 Å². The van der Waals surface area contributed by atoms with Gasteiger partial charge in [-0.15, -0.1) is 0 Å². The van der Waals surface area contributed by atoms with Crippen molar-refractivity contribution in [3.05, 3.63) is 74.8 Å². The first-order valence-corrected chi connectivity index (χ1v) is 8.15. The molecule has 0 fully saturated rings. The zero-order valence-electron chi connectivity index (χ0n) is 13.1. The molecule has 0 atom stereocenters. The molecular weight excluding hydrogens is 340 g/mol. The Morgan fingerprint density at radius 1 is 1.20 bits per heavy atom. The Labute approximate surface area is 147 Å². The van der Waals surface area contributed by atoms with Crippen molar-refractivity contribution in [2.75, 3.05) is 0 Å². The Morgan fingerprint density at radius 2 is 1.96 bits per heavy atom. The summed E-state index contributed by atoms with van der Waals surface area (Å²) in [5, 5.41) is 10.00. The molecule has 0 saturated carbocycles. The van der Waals surface area contributed by atoms with Crippen LogP contribution in [-0.4, -0.2) is 20.6 Å². The smallest absolute Gasteiger partial charge is 0.335 e. The number of hydrogen-bond acceptors (Lipinski definition) is 3. The molecule has 0 bridgehead atoms. The number of aromatic carboxylic acids is 1. The van der Waals surface area contributed by atoms with Gasteiger partial charge in [0.1, 0.15) is 5.82 Å². The topological polar surface area (TPSA) is 72.2 Å². The van der Waals surface area contributed by atoms with Gasteiger partial charge in [0, 0.05) is 11.6 Å². The van der Waals surface area contributed by atoms with Gasteiger partial charge in [0.25, 0.3) is 5.56 Å². The quantitative estimate of drug-likeness (QED) is 0.763. The minimum Gasteiger partial charge on any atom is -0.478 e. The highest BCUT2D eigenvalue weighted by Crippen LogP contribution is 2.28. The van der Waals surface area contributed by atoms with Gasteiger partial charge in [0.05, 0.1) is 16.5 Å². The van der Waals surface area contributed by atoms with Crippen LogP contribution in [0.2, 0.25) is 5.02 Å². The maximum Gasteiger partial charge on any atom is 0.335 e. The second-order valence-corrected chi connectivity index (χ2v) is 6.34. The van der Waals surface area contributed by atoms with E-state index in [1.807, 2.05) is 6.08 Å². The van der Waals surface area contributed by atoms with Gasteiger partial charge in [-0.2, -0.15) is 0 Å². The highest BCUT2D eigenvalue weighted by Gasteiger charge is 2.21. The van der Waals surface area contributed by atoms with Crippen molar-refractivity contribution >= 4 is 40.1 Å². The number of carboxylic acid groups (broad SMARTS) is 1. The number of halogens is 1. The molecule has 2 heterocycles. The lowest BCUT2D eigenvalue weighted by Crippen LogP contribution is -2.20. The maximum absolute atomic E-state index is 12.7. The largest absolute Gasteiger partial charge is 0.478 e. The Hall–Kier alpha value is -2.92. The lowest BCUT2D eigenvalue weighted by atomic mass is 10.1. The third kappa shape index (κ3) is 2.72. The number of carbonyl (C=O) groups is 1. The van der Waals surface area contributed by atoms with E-state index in [-0.39, 0.29) is 11.1 Å². The summed E-state index contributed by atoms with van der Waals surface area (Å²) in [6.45, 7) is 0.572. The van der Waals surface area contributed by atoms with Crippen LogP contribution in [0.15, 0.2) is 47.3 Å². The van der Waals surface area contributed by atoms with E-state index in [4.69, 9.17) is 16.7 Å². The van der Waals surface area contributed by atoms with Crippen LogP contribution in [0.3, 0.4) is 0 Å². The van der Waals surface area contributed by atoms with E-state index < -0.39 is 5.97 Å². The molecule has 4 rings (SSSR count). The minimum atomic E-state index is -0.955. The molecule has 0 unspecified atom stereocenters. The normalized spacial score (nSPS) is 14.8. The van der Waals surface area contributed by atoms with Crippen LogP contribution >= 0.6 is 11.6 Å². The molecule has 1 aromatic heterocycles. The summed E-state index contributed by atoms with van der Waals surface area (Å²) in [5.74, 6) is -0.300. The molecular formula is C19H13ClN2O3. The average Bonchev–Trinajstić information content (AvgIpc) is 2.99. The molecule has 0 spiro atoms. The van der Waals surface area contributed by atoms with Crippen LogP contribution in [0.25, 0.3) is 22.6 Å². The summed E-state index contributed by atoms with van der Waals surface area (Å²) >= 11 is 5.98. The van der Waals surface area contributed by atoms with Gasteiger partial charge in [-0.25, -0.2) is 9.78 Å². The van der Waals surface area contributed by atoms with Crippen molar-refractivity contribution in [3.8, 4) is 0 Å². The monoisotopic (exact) mass is 352 g/mol. The summed E-state index contributed by atoms with van der Waals surface area (Å²) in [7, 11) is 0. The summed E-state index contributed by atoms with van der Waals surface area (Å²) in [4.78, 5) is 28.2. The third-order valence-corrected chi connectivity index (χ3v) is 4.54. The third-order valence-electron chi connectivity index (χ3n) is 4.31. The fourth-order valence-electron chi connectivity index (χ4n) is 3.05. The van der Waals surface area contributed by atoms with Gasteiger partial charge < -0.3 is 5.11 Å². The standard InChI is InChI=1S/C19H13ClN2O3/c20-14-5-6-16-15(10-14)18(23)22-8-7-13(17(22)21-16)9-11-1-3-12(4-2-11)19(24)25/h1-6,9-10H,7-8H2,(H,24,25)/b13-9-. The minimum absolute atomic E-state index is 0.0906. The van der Waals surface area contributed by atoms with Crippen LogP contribution in [0, 0.1) is 0 Å². The van der Waals surface area contributed by atoms with E-state index in [0.29, 0.717) is 34.7 Å². The predicted octanol–water partition coefficient (Wildman–Crippen LogP) is 3.69. The lowest BCUT2D eigenvalue weighted by molar-refractivity contribution is 0.0697. The average molecular weight is 353 g/mol. The van der Waals surface area contributed by atoms with Crippen LogP contribution in [-0.2, 0) is 6.54 Å². The SMILES string of the molecule is O=C(O)c1ccc(/C=C2/CCn3c2nc2ccc(Cl)cc2c3=O)cc1. The van der Waals surface area contributed by atoms with Crippen LogP contribution in [0.4, 0.5) is 0 Å². The second kappa shape index (κ2) is 5.86. The van der Waals surface area contributed by atoms with Crippen LogP contribution in [0.1, 0.15) is 28.2 Å². The summed E-state index contributed by atoms with van der Waals surface area (Å²) in [5.41, 5.74) is 2.60. The zero-order chi connectivity index (χ0) is 17.6. The Bertz CT molecular complexity index is 1100. The molecule has 6 heteroatoms. The van der Waals surface area contributed by atoms with E-state index in [1.165, 1.54) is 0 Å². The first-order valence-electron chi connectivity index (χ1n) is 7.77. The Balaban J connectivity index is 1.81. The van der Waals surface area contributed by atoms with Gasteiger partial charge in [0.2, 0.25) is 0 Å². The number of carboxylic acids is 1. The second-order valence-electron chi connectivity index (χ2n) is 5.90. The fraction of sp³-hybridized carbons (Fsp3) is 0.105. The number of fused-ring (bicyclic) bond motifs is 2. The first kappa shape index (κ1) is 15.6. The van der Waals surface area contributed by atoms with Crippen molar-refractivity contribution in [1.82, 2.24) is 9.55 Å². The predicted molar refractivity (Wildman–Crippen MR) is 96.9 cm³/mol. The van der Waals surface area contributed by atoms with Crippen molar-refractivity contribution in [3.63, 3.8) is 0 Å². The number of aromatic nitrogens is 2. The van der Waals surface area contributed by atoms with E-state index in [9.17, 15) is 9.59 Å². The van der Waals surface area contributed by atoms with E-state index >= 15 is 0 Å². The zero-order valence-corrected chi connectivity index (χ0v) is 13.8. The van der Waals surface area contributed by atoms with Gasteiger partial charge in [-0.05, 0) is 54.0 Å². The van der Waals surface area contributed by atoms with Gasteiger partial charge in [-0.1, -0.05) is 23.7 Å². The lowest BCUT2D eigenvalue weighted by Gasteiger charge is -2.06. The molecule has 25 heavy (non-hydrogen) atoms. The van der Waals surface area contributed by atoms with Gasteiger partial charge in [0.15, 0.2) is 0 Å². The highest BCUT2D eigenvalue weighted by molar-refractivity contribution is 6.31. The molecule has 3 aromatic rings. The molecule has 0 aliphatic carbocycles. The number of nitrogens with zero attached hydrogens (tertiary/aromatic N) is 2. The number of hydrogen-bond donors (Lipinski definition) is 1.